The fourth-order valence-corrected chi connectivity index (χ4v) is 3.36. The molecule has 240 valence electrons. The molecule has 0 bridgehead atoms. The zero-order chi connectivity index (χ0) is 32.7. The molecule has 0 aliphatic heterocycles. The smallest absolute Gasteiger partial charge is 0.460 e. The summed E-state index contributed by atoms with van der Waals surface area (Å²) in [4.78, 5) is 0. The van der Waals surface area contributed by atoms with Gasteiger partial charge in [0.05, 0.1) is 18.6 Å². The van der Waals surface area contributed by atoms with E-state index in [-0.39, 0.29) is 12.4 Å². The number of para-hydroxylation sites is 1. The average Bonchev–Trinajstić information content (AvgIpc) is 2.82. The Kier molecular flexibility index (Phi) is 9.99. The molecule has 0 aromatic heterocycles. The highest BCUT2D eigenvalue weighted by molar-refractivity contribution is 5.38. The molecule has 0 saturated heterocycles. The molecule has 0 heterocycles. The van der Waals surface area contributed by atoms with Gasteiger partial charge in [0.1, 0.15) is 5.75 Å². The molecule has 0 amide bonds. The van der Waals surface area contributed by atoms with Gasteiger partial charge >= 0.3 is 47.6 Å². The van der Waals surface area contributed by atoms with Crippen molar-refractivity contribution in [1.29, 1.82) is 0 Å². The van der Waals surface area contributed by atoms with Gasteiger partial charge in [-0.05, 0) is 19.4 Å². The number of benzene rings is 1. The number of hydrogen-bond donors (Lipinski definition) is 0. The predicted octanol–water partition coefficient (Wildman–Crippen LogP) is 9.13. The molecule has 0 spiro atoms. The maximum absolute atomic E-state index is 14.7. The van der Waals surface area contributed by atoms with Gasteiger partial charge in [0, 0.05) is 12.7 Å². The van der Waals surface area contributed by atoms with Gasteiger partial charge in [-0.3, -0.25) is 0 Å². The van der Waals surface area contributed by atoms with Crippen molar-refractivity contribution >= 4 is 0 Å². The molecule has 1 atom stereocenters. The van der Waals surface area contributed by atoms with E-state index in [4.69, 9.17) is 4.74 Å². The molecular weight excluding hydrogens is 619 g/mol. The van der Waals surface area contributed by atoms with Crippen LogP contribution >= 0.6 is 0 Å². The maximum atomic E-state index is 14.7. The Morgan fingerprint density at radius 3 is 1.44 bits per heavy atom. The fraction of sp³-hybridized carbons (Fsp3) is 0.727. The van der Waals surface area contributed by atoms with Crippen molar-refractivity contribution in [3.8, 4) is 5.75 Å². The van der Waals surface area contributed by atoms with Crippen LogP contribution in [0.25, 0.3) is 0 Å². The molecule has 0 aliphatic carbocycles. The largest absolute Gasteiger partial charge is 0.493 e. The molecule has 1 unspecified atom stereocenters. The SMILES string of the molecule is CCCCOc1ccccc1C(C)(CC(F)(F)C(F)(F)C(F)(F)C(F)(F)C(F)(F)C(F)(F)C(F)(F)C(F)(F)F)OC. The van der Waals surface area contributed by atoms with Crippen molar-refractivity contribution in [3.05, 3.63) is 29.8 Å². The van der Waals surface area contributed by atoms with Gasteiger partial charge in [0.15, 0.2) is 0 Å². The summed E-state index contributed by atoms with van der Waals surface area (Å²) >= 11 is 0. The van der Waals surface area contributed by atoms with Gasteiger partial charge in [0.2, 0.25) is 0 Å². The Hall–Kier alpha value is -2.21. The van der Waals surface area contributed by atoms with E-state index in [0.717, 1.165) is 18.2 Å². The summed E-state index contributed by atoms with van der Waals surface area (Å²) in [6.07, 6.45) is -9.70. The van der Waals surface area contributed by atoms with E-state index in [9.17, 15) is 74.6 Å². The summed E-state index contributed by atoms with van der Waals surface area (Å²) in [5.74, 6) is -57.2. The van der Waals surface area contributed by atoms with Crippen LogP contribution in [0.2, 0.25) is 0 Å². The van der Waals surface area contributed by atoms with Crippen LogP contribution in [0, 0.1) is 0 Å². The first-order valence-corrected chi connectivity index (χ1v) is 11.1. The van der Waals surface area contributed by atoms with E-state index >= 15 is 0 Å². The number of unbranched alkanes of at least 4 members (excludes halogenated alkanes) is 1. The quantitative estimate of drug-likeness (QED) is 0.149. The van der Waals surface area contributed by atoms with Gasteiger partial charge in [0.25, 0.3) is 0 Å². The molecule has 0 fully saturated rings. The maximum Gasteiger partial charge on any atom is 0.460 e. The lowest BCUT2D eigenvalue weighted by Crippen LogP contribution is -2.74. The second-order valence-corrected chi connectivity index (χ2v) is 8.96. The van der Waals surface area contributed by atoms with Gasteiger partial charge < -0.3 is 9.47 Å². The van der Waals surface area contributed by atoms with E-state index < -0.39 is 65.2 Å². The zero-order valence-corrected chi connectivity index (χ0v) is 20.9. The van der Waals surface area contributed by atoms with E-state index in [1.165, 1.54) is 6.07 Å². The number of ether oxygens (including phenoxy) is 2. The second kappa shape index (κ2) is 11.1. The molecule has 2 nitrogen and oxygen atoms in total. The van der Waals surface area contributed by atoms with Crippen LogP contribution in [-0.2, 0) is 10.3 Å². The lowest BCUT2D eigenvalue weighted by Gasteiger charge is -2.44. The zero-order valence-electron chi connectivity index (χ0n) is 20.9. The Labute approximate surface area is 220 Å². The Morgan fingerprint density at radius 1 is 0.610 bits per heavy atom. The van der Waals surface area contributed by atoms with Crippen molar-refractivity contribution < 1.29 is 84.1 Å². The van der Waals surface area contributed by atoms with Gasteiger partial charge in [-0.1, -0.05) is 31.5 Å². The van der Waals surface area contributed by atoms with Crippen molar-refractivity contribution in [3.63, 3.8) is 0 Å². The van der Waals surface area contributed by atoms with Gasteiger partial charge in [-0.15, -0.1) is 0 Å². The second-order valence-electron chi connectivity index (χ2n) is 8.96. The van der Waals surface area contributed by atoms with Crippen molar-refractivity contribution in [2.75, 3.05) is 13.7 Å². The summed E-state index contributed by atoms with van der Waals surface area (Å²) in [7, 11) is 0.539. The number of methoxy groups -OCH3 is 1. The molecule has 19 heteroatoms. The van der Waals surface area contributed by atoms with Gasteiger partial charge in [-0.25, -0.2) is 0 Å². The topological polar surface area (TPSA) is 18.5 Å². The summed E-state index contributed by atoms with van der Waals surface area (Å²) < 4.78 is 241. The average molecular weight is 640 g/mol. The first-order valence-electron chi connectivity index (χ1n) is 11.1. The van der Waals surface area contributed by atoms with Crippen LogP contribution in [0.1, 0.15) is 38.7 Å². The molecule has 1 aromatic carbocycles. The van der Waals surface area contributed by atoms with Crippen molar-refractivity contribution in [1.82, 2.24) is 0 Å². The summed E-state index contributed by atoms with van der Waals surface area (Å²) in [5, 5.41) is 0. The van der Waals surface area contributed by atoms with Crippen LogP contribution in [0.15, 0.2) is 24.3 Å². The van der Waals surface area contributed by atoms with E-state index in [1.54, 1.807) is 6.92 Å². The molecule has 1 aromatic rings. The fourth-order valence-electron chi connectivity index (χ4n) is 3.36. The molecule has 41 heavy (non-hydrogen) atoms. The number of halogens is 17. The highest BCUT2D eigenvalue weighted by Gasteiger charge is 2.95. The Morgan fingerprint density at radius 2 is 1.02 bits per heavy atom. The minimum Gasteiger partial charge on any atom is -0.493 e. The minimum atomic E-state index is -8.67. The molecular formula is C22H21F17O2. The number of rotatable bonds is 14. The third kappa shape index (κ3) is 5.75. The molecule has 0 aliphatic rings. The summed E-state index contributed by atoms with van der Waals surface area (Å²) in [6.45, 7) is 2.09. The van der Waals surface area contributed by atoms with E-state index in [2.05, 4.69) is 4.74 Å². The number of hydrogen-bond acceptors (Lipinski definition) is 2. The lowest BCUT2D eigenvalue weighted by atomic mass is 9.83. The predicted molar refractivity (Wildman–Crippen MR) is 107 cm³/mol. The third-order valence-corrected chi connectivity index (χ3v) is 6.01. The van der Waals surface area contributed by atoms with Crippen LogP contribution in [0.3, 0.4) is 0 Å². The van der Waals surface area contributed by atoms with E-state index in [0.29, 0.717) is 26.9 Å². The first kappa shape index (κ1) is 36.8. The highest BCUT2D eigenvalue weighted by Crippen LogP contribution is 2.64. The Bertz CT molecular complexity index is 1040. The minimum absolute atomic E-state index is 0.115. The summed E-state index contributed by atoms with van der Waals surface area (Å²) in [6, 6.07) is 4.23. The van der Waals surface area contributed by atoms with E-state index in [1.807, 2.05) is 0 Å². The molecule has 1 rings (SSSR count). The van der Waals surface area contributed by atoms with Crippen molar-refractivity contribution in [2.24, 2.45) is 0 Å². The van der Waals surface area contributed by atoms with Gasteiger partial charge in [-0.2, -0.15) is 74.6 Å². The first-order chi connectivity index (χ1) is 18.1. The number of alkyl halides is 17. The standard InChI is InChI=1S/C22H21F17O2/c1-4-5-10-41-13-9-7-6-8-12(13)14(2,40-3)11-15(23,24)16(25,26)17(27,28)18(29,30)19(31,32)20(33,34)21(35,36)22(37,38)39/h6-9H,4-5,10-11H2,1-3H3. The van der Waals surface area contributed by atoms with Crippen LogP contribution in [-0.4, -0.2) is 61.4 Å². The molecule has 0 saturated carbocycles. The van der Waals surface area contributed by atoms with Crippen molar-refractivity contribution in [2.45, 2.75) is 86.3 Å². The summed E-state index contributed by atoms with van der Waals surface area (Å²) in [5.41, 5.74) is -3.48. The highest BCUT2D eigenvalue weighted by atomic mass is 19.4. The third-order valence-electron chi connectivity index (χ3n) is 6.01. The Balaban J connectivity index is 3.66. The normalized spacial score (nSPS) is 16.5. The molecule has 0 N–H and O–H groups in total. The van der Waals surface area contributed by atoms with Crippen LogP contribution < -0.4 is 4.74 Å². The monoisotopic (exact) mass is 640 g/mol. The van der Waals surface area contributed by atoms with Crippen LogP contribution in [0.5, 0.6) is 5.75 Å². The lowest BCUT2D eigenvalue weighted by molar-refractivity contribution is -0.462. The van der Waals surface area contributed by atoms with Crippen LogP contribution in [0.4, 0.5) is 74.6 Å². The molecule has 0 radical (unpaired) electrons.